The van der Waals surface area contributed by atoms with Crippen LogP contribution in [0.2, 0.25) is 0 Å². The zero-order valence-electron chi connectivity index (χ0n) is 20.0. The van der Waals surface area contributed by atoms with Gasteiger partial charge in [0.1, 0.15) is 32.7 Å². The number of quaternary nitrogens is 2. The molecule has 0 spiro atoms. The van der Waals surface area contributed by atoms with Crippen molar-refractivity contribution in [3.63, 3.8) is 0 Å². The minimum Gasteiger partial charge on any atom is -0.493 e. The molecule has 1 saturated heterocycles. The van der Waals surface area contributed by atoms with Crippen LogP contribution in [0.5, 0.6) is 17.2 Å². The zero-order chi connectivity index (χ0) is 22.4. The summed E-state index contributed by atoms with van der Waals surface area (Å²) in [5.41, 5.74) is 1.12. The van der Waals surface area contributed by atoms with Crippen molar-refractivity contribution in [3.05, 3.63) is 17.7 Å². The fourth-order valence-corrected chi connectivity index (χ4v) is 5.23. The lowest BCUT2D eigenvalue weighted by molar-refractivity contribution is -1.02. The highest BCUT2D eigenvalue weighted by Gasteiger charge is 2.35. The van der Waals surface area contributed by atoms with Crippen molar-refractivity contribution >= 4 is 5.91 Å². The number of hydrogen-bond acceptors (Lipinski definition) is 4. The molecular weight excluding hydrogens is 394 g/mol. The van der Waals surface area contributed by atoms with Crippen LogP contribution in [0.3, 0.4) is 0 Å². The molecule has 2 fully saturated rings. The van der Waals surface area contributed by atoms with E-state index in [2.05, 4.69) is 13.0 Å². The molecule has 2 aliphatic rings. The summed E-state index contributed by atoms with van der Waals surface area (Å²) in [5, 5.41) is 0. The van der Waals surface area contributed by atoms with E-state index in [-0.39, 0.29) is 6.04 Å². The van der Waals surface area contributed by atoms with Crippen molar-refractivity contribution in [2.45, 2.75) is 57.7 Å². The van der Waals surface area contributed by atoms with Crippen molar-refractivity contribution < 1.29 is 28.8 Å². The Kier molecular flexibility index (Phi) is 8.43. The summed E-state index contributed by atoms with van der Waals surface area (Å²) in [7, 11) is 6.97. The van der Waals surface area contributed by atoms with Crippen molar-refractivity contribution in [1.82, 2.24) is 4.90 Å². The third-order valence-electron chi connectivity index (χ3n) is 7.28. The van der Waals surface area contributed by atoms with Crippen molar-refractivity contribution in [1.29, 1.82) is 0 Å². The van der Waals surface area contributed by atoms with Gasteiger partial charge in [0, 0.05) is 13.1 Å². The van der Waals surface area contributed by atoms with Gasteiger partial charge < -0.3 is 28.9 Å². The van der Waals surface area contributed by atoms with Gasteiger partial charge in [0.2, 0.25) is 5.75 Å². The summed E-state index contributed by atoms with van der Waals surface area (Å²) in [6, 6.07) is 4.48. The molecule has 2 N–H and O–H groups in total. The second-order valence-corrected chi connectivity index (χ2v) is 9.04. The van der Waals surface area contributed by atoms with Crippen LogP contribution >= 0.6 is 0 Å². The average molecular weight is 436 g/mol. The second-order valence-electron chi connectivity index (χ2n) is 9.04. The normalized spacial score (nSPS) is 23.1. The van der Waals surface area contributed by atoms with Crippen LogP contribution in [0.4, 0.5) is 0 Å². The number of benzene rings is 1. The van der Waals surface area contributed by atoms with E-state index in [0.717, 1.165) is 56.9 Å². The van der Waals surface area contributed by atoms with Crippen LogP contribution in [0.15, 0.2) is 12.1 Å². The number of likely N-dealkylation sites (N-methyl/N-ethyl adjacent to an activating group) is 1. The Morgan fingerprint density at radius 3 is 2.23 bits per heavy atom. The number of methoxy groups -OCH3 is 3. The third-order valence-corrected chi connectivity index (χ3v) is 7.28. The molecule has 0 radical (unpaired) electrons. The van der Waals surface area contributed by atoms with Crippen LogP contribution in [-0.4, -0.2) is 77.4 Å². The molecule has 1 aromatic carbocycles. The van der Waals surface area contributed by atoms with E-state index < -0.39 is 0 Å². The maximum Gasteiger partial charge on any atom is 0.280 e. The molecule has 1 aliphatic heterocycles. The molecule has 174 valence electrons. The van der Waals surface area contributed by atoms with Gasteiger partial charge in [-0.3, -0.25) is 4.79 Å². The first-order valence-corrected chi connectivity index (χ1v) is 11.7. The Balaban J connectivity index is 1.56. The number of hydrogen-bond donors (Lipinski definition) is 2. The highest BCUT2D eigenvalue weighted by atomic mass is 16.5. The lowest BCUT2D eigenvalue weighted by Gasteiger charge is -2.37. The van der Waals surface area contributed by atoms with Gasteiger partial charge in [0.25, 0.3) is 5.91 Å². The number of nitrogens with one attached hydrogen (secondary N) is 2. The highest BCUT2D eigenvalue weighted by molar-refractivity contribution is 5.80. The fraction of sp³-hybridized carbons (Fsp3) is 0.708. The number of rotatable bonds is 8. The average Bonchev–Trinajstić information content (AvgIpc) is 2.83. The molecule has 31 heavy (non-hydrogen) atoms. The predicted molar refractivity (Wildman–Crippen MR) is 120 cm³/mol. The highest BCUT2D eigenvalue weighted by Crippen LogP contribution is 2.39. The lowest BCUT2D eigenvalue weighted by Crippen LogP contribution is -3.29. The Labute approximate surface area is 187 Å². The van der Waals surface area contributed by atoms with Gasteiger partial charge in [-0.1, -0.05) is 19.3 Å². The molecule has 1 atom stereocenters. The van der Waals surface area contributed by atoms with Crippen molar-refractivity contribution in [2.75, 3.05) is 54.6 Å². The number of carbonyl (C=O) groups is 1. The third kappa shape index (κ3) is 5.44. The maximum atomic E-state index is 13.1. The van der Waals surface area contributed by atoms with E-state index in [1.807, 2.05) is 18.0 Å². The molecule has 1 saturated carbocycles. The summed E-state index contributed by atoms with van der Waals surface area (Å²) < 4.78 is 16.6. The number of carbonyl (C=O) groups excluding carboxylic acids is 1. The predicted octanol–water partition coefficient (Wildman–Crippen LogP) is 0.175. The van der Waals surface area contributed by atoms with E-state index in [1.165, 1.54) is 29.1 Å². The van der Waals surface area contributed by atoms with Gasteiger partial charge in [-0.15, -0.1) is 0 Å². The Bertz CT molecular complexity index is 728. The van der Waals surface area contributed by atoms with Gasteiger partial charge in [-0.05, 0) is 31.9 Å². The Morgan fingerprint density at radius 1 is 1.00 bits per heavy atom. The minimum absolute atomic E-state index is 0.0316. The van der Waals surface area contributed by atoms with Gasteiger partial charge in [-0.2, -0.15) is 0 Å². The van der Waals surface area contributed by atoms with E-state index in [9.17, 15) is 4.79 Å². The molecule has 0 aromatic heterocycles. The number of amides is 1. The Hall–Kier alpha value is -1.99. The minimum atomic E-state index is 0.0316. The molecule has 0 bridgehead atoms. The first kappa shape index (κ1) is 23.7. The summed E-state index contributed by atoms with van der Waals surface area (Å²) in [6.45, 7) is 7.09. The molecule has 1 aromatic rings. The molecule has 1 aliphatic carbocycles. The van der Waals surface area contributed by atoms with E-state index in [1.54, 1.807) is 21.3 Å². The van der Waals surface area contributed by atoms with Gasteiger partial charge in [0.15, 0.2) is 17.5 Å². The smallest absolute Gasteiger partial charge is 0.280 e. The van der Waals surface area contributed by atoms with Crippen molar-refractivity contribution in [2.24, 2.45) is 0 Å². The van der Waals surface area contributed by atoms with Crippen LogP contribution in [0, 0.1) is 0 Å². The van der Waals surface area contributed by atoms with Crippen LogP contribution in [0.1, 0.15) is 44.6 Å². The molecule has 7 nitrogen and oxygen atoms in total. The maximum absolute atomic E-state index is 13.1. The summed E-state index contributed by atoms with van der Waals surface area (Å²) in [4.78, 5) is 18.1. The second kappa shape index (κ2) is 11.0. The van der Waals surface area contributed by atoms with E-state index in [0.29, 0.717) is 23.4 Å². The van der Waals surface area contributed by atoms with Gasteiger partial charge in [0.05, 0.1) is 26.9 Å². The molecule has 7 heteroatoms. The van der Waals surface area contributed by atoms with Crippen LogP contribution in [-0.2, 0) is 11.3 Å². The lowest BCUT2D eigenvalue weighted by atomic mass is 9.94. The number of nitrogens with zero attached hydrogens (tertiary/aromatic N) is 1. The number of piperazine rings is 1. The molecule has 1 heterocycles. The first-order valence-electron chi connectivity index (χ1n) is 11.7. The zero-order valence-corrected chi connectivity index (χ0v) is 20.0. The summed E-state index contributed by atoms with van der Waals surface area (Å²) in [5.74, 6) is 2.40. The SMILES string of the molecule is COc1ccc(C[NH+]2CC[NH+]([C@H](C)C(=O)N(C)C3CCCCC3)CC2)c(OC)c1OC. The molecule has 1 amide bonds. The topological polar surface area (TPSA) is 56.9 Å². The first-order chi connectivity index (χ1) is 15.0. The van der Waals surface area contributed by atoms with Crippen molar-refractivity contribution in [3.8, 4) is 17.2 Å². The molecule has 0 unspecified atom stereocenters. The summed E-state index contributed by atoms with van der Waals surface area (Å²) >= 11 is 0. The van der Waals surface area contributed by atoms with Gasteiger partial charge in [-0.25, -0.2) is 0 Å². The fourth-order valence-electron chi connectivity index (χ4n) is 5.23. The number of ether oxygens (including phenoxy) is 3. The van der Waals surface area contributed by atoms with Gasteiger partial charge >= 0.3 is 0 Å². The van der Waals surface area contributed by atoms with Crippen LogP contribution in [0.25, 0.3) is 0 Å². The standard InChI is InChI=1S/C24H39N3O4/c1-18(24(28)25(2)20-9-7-6-8-10-20)27-15-13-26(14-16-27)17-19-11-12-21(29-3)23(31-5)22(19)30-4/h11-12,18,20H,6-10,13-17H2,1-5H3/p+2/t18-/m1/s1. The largest absolute Gasteiger partial charge is 0.493 e. The Morgan fingerprint density at radius 2 is 1.65 bits per heavy atom. The summed E-state index contributed by atoms with van der Waals surface area (Å²) in [6.07, 6.45) is 6.15. The van der Waals surface area contributed by atoms with E-state index in [4.69, 9.17) is 14.2 Å². The monoisotopic (exact) mass is 435 g/mol. The molecule has 3 rings (SSSR count). The van der Waals surface area contributed by atoms with E-state index >= 15 is 0 Å². The van der Waals surface area contributed by atoms with Crippen LogP contribution < -0.4 is 24.0 Å². The quantitative estimate of drug-likeness (QED) is 0.612. The molecular formula is C24H41N3O4+2.